The van der Waals surface area contributed by atoms with E-state index in [1.165, 1.54) is 6.92 Å². The van der Waals surface area contributed by atoms with Crippen LogP contribution in [0, 0.1) is 0 Å². The van der Waals surface area contributed by atoms with Crippen LogP contribution in [0.1, 0.15) is 22.8 Å². The van der Waals surface area contributed by atoms with Crippen LogP contribution in [0.15, 0.2) is 72.8 Å². The number of carbonyl (C=O) groups is 3. The number of hydrazine groups is 1. The molecule has 0 bridgehead atoms. The molecule has 0 fully saturated rings. The summed E-state index contributed by atoms with van der Waals surface area (Å²) in [6.45, 7) is 1.45. The third-order valence-corrected chi connectivity index (χ3v) is 4.23. The summed E-state index contributed by atoms with van der Waals surface area (Å²) in [5.74, 6) is -1.59. The summed E-state index contributed by atoms with van der Waals surface area (Å²) < 4.78 is 5.20. The van der Waals surface area contributed by atoms with E-state index < -0.39 is 23.9 Å². The first-order valence-corrected chi connectivity index (χ1v) is 8.86. The SMILES string of the molecule is C[C@@H](OC(=O)Cc1cccc2ccccc12)C(=O)NNC(=O)c1ccccc1. The standard InChI is InChI=1S/C22H20N2O4/c1-15(21(26)23-24-22(27)17-9-3-2-4-10-17)28-20(25)14-18-12-7-11-16-8-5-6-13-19(16)18/h2-13,15H,14H2,1H3,(H,23,26)(H,24,27)/t15-/m1/s1. The van der Waals surface area contributed by atoms with Gasteiger partial charge in [-0.2, -0.15) is 0 Å². The zero-order chi connectivity index (χ0) is 19.9. The maximum absolute atomic E-state index is 12.2. The Hall–Kier alpha value is -3.67. The Labute approximate surface area is 162 Å². The van der Waals surface area contributed by atoms with Crippen LogP contribution in [0.5, 0.6) is 0 Å². The quantitative estimate of drug-likeness (QED) is 0.530. The van der Waals surface area contributed by atoms with E-state index in [-0.39, 0.29) is 6.42 Å². The highest BCUT2D eigenvalue weighted by Crippen LogP contribution is 2.19. The smallest absolute Gasteiger partial charge is 0.311 e. The summed E-state index contributed by atoms with van der Waals surface area (Å²) >= 11 is 0. The lowest BCUT2D eigenvalue weighted by Gasteiger charge is -2.14. The van der Waals surface area contributed by atoms with Crippen molar-refractivity contribution < 1.29 is 19.1 Å². The molecular formula is C22H20N2O4. The highest BCUT2D eigenvalue weighted by molar-refractivity contribution is 5.96. The van der Waals surface area contributed by atoms with Crippen molar-refractivity contribution in [2.75, 3.05) is 0 Å². The van der Waals surface area contributed by atoms with Crippen LogP contribution < -0.4 is 10.9 Å². The highest BCUT2D eigenvalue weighted by atomic mass is 16.5. The number of esters is 1. The molecule has 0 saturated carbocycles. The number of hydrogen-bond donors (Lipinski definition) is 2. The highest BCUT2D eigenvalue weighted by Gasteiger charge is 2.19. The first-order chi connectivity index (χ1) is 13.5. The van der Waals surface area contributed by atoms with Crippen molar-refractivity contribution in [2.24, 2.45) is 0 Å². The van der Waals surface area contributed by atoms with Gasteiger partial charge in [0.25, 0.3) is 11.8 Å². The molecule has 2 amide bonds. The molecule has 2 N–H and O–H groups in total. The van der Waals surface area contributed by atoms with Crippen molar-refractivity contribution in [3.8, 4) is 0 Å². The van der Waals surface area contributed by atoms with Gasteiger partial charge in [0.15, 0.2) is 6.10 Å². The van der Waals surface area contributed by atoms with Gasteiger partial charge in [0.2, 0.25) is 0 Å². The van der Waals surface area contributed by atoms with Crippen molar-refractivity contribution in [3.63, 3.8) is 0 Å². The minimum Gasteiger partial charge on any atom is -0.452 e. The van der Waals surface area contributed by atoms with Gasteiger partial charge < -0.3 is 4.74 Å². The average Bonchev–Trinajstić information content (AvgIpc) is 2.72. The van der Waals surface area contributed by atoms with Gasteiger partial charge in [-0.25, -0.2) is 0 Å². The lowest BCUT2D eigenvalue weighted by molar-refractivity contribution is -0.154. The average molecular weight is 376 g/mol. The summed E-state index contributed by atoms with van der Waals surface area (Å²) in [7, 11) is 0. The molecule has 0 spiro atoms. The van der Waals surface area contributed by atoms with Crippen molar-refractivity contribution in [3.05, 3.63) is 83.9 Å². The molecule has 0 saturated heterocycles. The Kier molecular flexibility index (Phi) is 6.01. The number of rotatable bonds is 5. The van der Waals surface area contributed by atoms with Gasteiger partial charge in [-0.1, -0.05) is 60.7 Å². The molecule has 142 valence electrons. The minimum absolute atomic E-state index is 0.0509. The van der Waals surface area contributed by atoms with Crippen molar-refractivity contribution in [2.45, 2.75) is 19.4 Å². The van der Waals surface area contributed by atoms with E-state index in [4.69, 9.17) is 4.74 Å². The van der Waals surface area contributed by atoms with Crippen LogP contribution in [-0.4, -0.2) is 23.9 Å². The summed E-state index contributed by atoms with van der Waals surface area (Å²) in [6.07, 6.45) is -0.992. The maximum atomic E-state index is 12.2. The second-order valence-electron chi connectivity index (χ2n) is 6.26. The zero-order valence-corrected chi connectivity index (χ0v) is 15.3. The Morgan fingerprint density at radius 2 is 1.54 bits per heavy atom. The van der Waals surface area contributed by atoms with Crippen LogP contribution >= 0.6 is 0 Å². The number of benzene rings is 3. The van der Waals surface area contributed by atoms with Gasteiger partial charge in [0.05, 0.1) is 6.42 Å². The van der Waals surface area contributed by atoms with Gasteiger partial charge in [-0.3, -0.25) is 25.2 Å². The van der Waals surface area contributed by atoms with E-state index >= 15 is 0 Å². The molecule has 3 aromatic rings. The van der Waals surface area contributed by atoms with E-state index in [9.17, 15) is 14.4 Å². The number of hydrogen-bond acceptors (Lipinski definition) is 4. The summed E-state index contributed by atoms with van der Waals surface area (Å²) in [5.41, 5.74) is 5.79. The number of carbonyl (C=O) groups excluding carboxylic acids is 3. The first kappa shape index (κ1) is 19.1. The monoisotopic (exact) mass is 376 g/mol. The first-order valence-electron chi connectivity index (χ1n) is 8.86. The van der Waals surface area contributed by atoms with Gasteiger partial charge in [0.1, 0.15) is 0 Å². The largest absolute Gasteiger partial charge is 0.452 e. The van der Waals surface area contributed by atoms with Crippen molar-refractivity contribution in [1.82, 2.24) is 10.9 Å². The molecule has 0 unspecified atom stereocenters. The van der Waals surface area contributed by atoms with Crippen LogP contribution in [0.4, 0.5) is 0 Å². The van der Waals surface area contributed by atoms with Gasteiger partial charge in [0, 0.05) is 5.56 Å². The zero-order valence-electron chi connectivity index (χ0n) is 15.3. The molecular weight excluding hydrogens is 356 g/mol. The second kappa shape index (κ2) is 8.81. The molecule has 0 aliphatic carbocycles. The fraction of sp³-hybridized carbons (Fsp3) is 0.136. The Morgan fingerprint density at radius 3 is 2.32 bits per heavy atom. The van der Waals surface area contributed by atoms with Crippen LogP contribution in [0.25, 0.3) is 10.8 Å². The summed E-state index contributed by atoms with van der Waals surface area (Å²) in [4.78, 5) is 36.2. The Morgan fingerprint density at radius 1 is 0.857 bits per heavy atom. The number of fused-ring (bicyclic) bond motifs is 1. The van der Waals surface area contributed by atoms with Gasteiger partial charge in [-0.05, 0) is 35.4 Å². The molecule has 6 nitrogen and oxygen atoms in total. The van der Waals surface area contributed by atoms with Crippen LogP contribution in [0.2, 0.25) is 0 Å². The van der Waals surface area contributed by atoms with E-state index in [0.717, 1.165) is 16.3 Å². The van der Waals surface area contributed by atoms with Crippen molar-refractivity contribution >= 4 is 28.6 Å². The molecule has 0 aliphatic heterocycles. The Bertz CT molecular complexity index is 996. The van der Waals surface area contributed by atoms with E-state index in [1.807, 2.05) is 42.5 Å². The molecule has 3 rings (SSSR count). The van der Waals surface area contributed by atoms with Crippen LogP contribution in [0.3, 0.4) is 0 Å². The molecule has 0 heterocycles. The molecule has 3 aromatic carbocycles. The minimum atomic E-state index is -1.04. The fourth-order valence-electron chi connectivity index (χ4n) is 2.78. The van der Waals surface area contributed by atoms with Gasteiger partial charge in [-0.15, -0.1) is 0 Å². The van der Waals surface area contributed by atoms with E-state index in [0.29, 0.717) is 5.56 Å². The molecule has 28 heavy (non-hydrogen) atoms. The maximum Gasteiger partial charge on any atom is 0.311 e. The predicted molar refractivity (Wildman–Crippen MR) is 105 cm³/mol. The number of amides is 2. The van der Waals surface area contributed by atoms with Gasteiger partial charge >= 0.3 is 5.97 Å². The third kappa shape index (κ3) is 4.73. The van der Waals surface area contributed by atoms with E-state index in [1.54, 1.807) is 30.3 Å². The Balaban J connectivity index is 1.53. The molecule has 0 aliphatic rings. The molecule has 6 heteroatoms. The lowest BCUT2D eigenvalue weighted by Crippen LogP contribution is -2.46. The summed E-state index contributed by atoms with van der Waals surface area (Å²) in [5, 5.41) is 2.00. The molecule has 1 atom stereocenters. The lowest BCUT2D eigenvalue weighted by atomic mass is 10.0. The molecule has 0 aromatic heterocycles. The number of ether oxygens (including phenoxy) is 1. The summed E-state index contributed by atoms with van der Waals surface area (Å²) in [6, 6.07) is 21.9. The van der Waals surface area contributed by atoms with Crippen molar-refractivity contribution in [1.29, 1.82) is 0 Å². The normalized spacial score (nSPS) is 11.5. The second-order valence-corrected chi connectivity index (χ2v) is 6.26. The fourth-order valence-corrected chi connectivity index (χ4v) is 2.78. The predicted octanol–water partition coefficient (Wildman–Crippen LogP) is 2.78. The number of nitrogens with one attached hydrogen (secondary N) is 2. The third-order valence-electron chi connectivity index (χ3n) is 4.23. The topological polar surface area (TPSA) is 84.5 Å². The van der Waals surface area contributed by atoms with Crippen LogP contribution in [-0.2, 0) is 20.7 Å². The molecule has 0 radical (unpaired) electrons. The van der Waals surface area contributed by atoms with E-state index in [2.05, 4.69) is 10.9 Å².